The third kappa shape index (κ3) is 4.65. The molecular formula is C20H24N4O2. The van der Waals surface area contributed by atoms with Gasteiger partial charge in [0, 0.05) is 25.2 Å². The van der Waals surface area contributed by atoms with E-state index in [9.17, 15) is 9.59 Å². The Balaban J connectivity index is 1.56. The van der Waals surface area contributed by atoms with Gasteiger partial charge in [-0.3, -0.25) is 14.6 Å². The Morgan fingerprint density at radius 3 is 2.54 bits per heavy atom. The highest BCUT2D eigenvalue weighted by Gasteiger charge is 2.33. The molecule has 1 aromatic heterocycles. The van der Waals surface area contributed by atoms with E-state index in [1.54, 1.807) is 11.1 Å². The van der Waals surface area contributed by atoms with E-state index in [-0.39, 0.29) is 30.3 Å². The first-order valence-electron chi connectivity index (χ1n) is 8.98. The first-order valence-corrected chi connectivity index (χ1v) is 8.98. The first-order chi connectivity index (χ1) is 12.5. The lowest BCUT2D eigenvalue weighted by molar-refractivity contribution is -0.121. The minimum absolute atomic E-state index is 0.0586. The van der Waals surface area contributed by atoms with Crippen LogP contribution >= 0.6 is 0 Å². The Hall–Kier alpha value is -2.76. The van der Waals surface area contributed by atoms with Gasteiger partial charge in [-0.15, -0.1) is 0 Å². The van der Waals surface area contributed by atoms with Crippen molar-refractivity contribution < 1.29 is 9.59 Å². The molecular weight excluding hydrogens is 328 g/mol. The topological polar surface area (TPSA) is 75.2 Å². The number of aromatic nitrogens is 2. The van der Waals surface area contributed by atoms with Crippen LogP contribution in [0.2, 0.25) is 0 Å². The van der Waals surface area contributed by atoms with E-state index in [2.05, 4.69) is 15.3 Å². The van der Waals surface area contributed by atoms with Gasteiger partial charge < -0.3 is 10.2 Å². The van der Waals surface area contributed by atoms with Crippen LogP contribution in [0.4, 0.5) is 0 Å². The molecule has 1 fully saturated rings. The number of carbonyl (C=O) groups is 2. The van der Waals surface area contributed by atoms with E-state index in [0.29, 0.717) is 12.2 Å². The Morgan fingerprint density at radius 1 is 1.19 bits per heavy atom. The summed E-state index contributed by atoms with van der Waals surface area (Å²) in [4.78, 5) is 35.1. The zero-order chi connectivity index (χ0) is 18.5. The molecule has 1 aromatic carbocycles. The fourth-order valence-electron chi connectivity index (χ4n) is 2.85. The van der Waals surface area contributed by atoms with Gasteiger partial charge in [0.1, 0.15) is 5.69 Å². The molecule has 2 aromatic rings. The summed E-state index contributed by atoms with van der Waals surface area (Å²) in [6, 6.07) is 9.98. The number of amides is 2. The number of hydrogen-bond acceptors (Lipinski definition) is 4. The third-order valence-corrected chi connectivity index (χ3v) is 4.51. The van der Waals surface area contributed by atoms with Gasteiger partial charge in [0.25, 0.3) is 5.91 Å². The van der Waals surface area contributed by atoms with Crippen LogP contribution in [0.1, 0.15) is 54.0 Å². The molecule has 1 unspecified atom stereocenters. The van der Waals surface area contributed by atoms with E-state index < -0.39 is 0 Å². The Labute approximate surface area is 153 Å². The Kier molecular flexibility index (Phi) is 5.61. The standard InChI is InChI=1S/C20H24N4O2/c1-14-12-22-18(13-21-14)20(26)24(17-8-9-17)11-10-19(25)23-15(2)16-6-4-3-5-7-16/h3-7,12-13,15,17H,8-11H2,1-2H3,(H,23,25). The molecule has 1 atom stereocenters. The average molecular weight is 352 g/mol. The molecule has 6 heteroatoms. The van der Waals surface area contributed by atoms with Crippen molar-refractivity contribution in [2.24, 2.45) is 0 Å². The van der Waals surface area contributed by atoms with Gasteiger partial charge in [-0.25, -0.2) is 4.98 Å². The van der Waals surface area contributed by atoms with Gasteiger partial charge in [0.2, 0.25) is 5.91 Å². The van der Waals surface area contributed by atoms with Crippen LogP contribution < -0.4 is 5.32 Å². The van der Waals surface area contributed by atoms with Gasteiger partial charge in [-0.2, -0.15) is 0 Å². The molecule has 0 saturated heterocycles. The second kappa shape index (κ2) is 8.08. The monoisotopic (exact) mass is 352 g/mol. The van der Waals surface area contributed by atoms with Crippen LogP contribution in [0.25, 0.3) is 0 Å². The lowest BCUT2D eigenvalue weighted by Gasteiger charge is -2.22. The van der Waals surface area contributed by atoms with Crippen LogP contribution in [0, 0.1) is 6.92 Å². The fourth-order valence-corrected chi connectivity index (χ4v) is 2.85. The molecule has 0 bridgehead atoms. The summed E-state index contributed by atoms with van der Waals surface area (Å²) in [5.41, 5.74) is 2.17. The van der Waals surface area contributed by atoms with Crippen LogP contribution in [-0.4, -0.2) is 39.3 Å². The second-order valence-corrected chi connectivity index (χ2v) is 6.72. The molecule has 0 spiro atoms. The fraction of sp³-hybridized carbons (Fsp3) is 0.400. The van der Waals surface area contributed by atoms with Gasteiger partial charge in [0.05, 0.1) is 17.9 Å². The van der Waals surface area contributed by atoms with E-state index in [4.69, 9.17) is 0 Å². The lowest BCUT2D eigenvalue weighted by Crippen LogP contribution is -2.37. The third-order valence-electron chi connectivity index (χ3n) is 4.51. The summed E-state index contributed by atoms with van der Waals surface area (Å²) in [5.74, 6) is -0.210. The summed E-state index contributed by atoms with van der Waals surface area (Å²) in [5, 5.41) is 2.99. The highest BCUT2D eigenvalue weighted by atomic mass is 16.2. The average Bonchev–Trinajstić information content (AvgIpc) is 3.48. The number of nitrogens with one attached hydrogen (secondary N) is 1. The van der Waals surface area contributed by atoms with Crippen molar-refractivity contribution in [3.05, 3.63) is 59.7 Å². The normalized spacial score (nSPS) is 14.5. The zero-order valence-electron chi connectivity index (χ0n) is 15.2. The minimum atomic E-state index is -0.149. The molecule has 26 heavy (non-hydrogen) atoms. The maximum Gasteiger partial charge on any atom is 0.274 e. The van der Waals surface area contributed by atoms with Crippen molar-refractivity contribution in [2.45, 2.75) is 45.2 Å². The molecule has 1 heterocycles. The summed E-state index contributed by atoms with van der Waals surface area (Å²) < 4.78 is 0. The minimum Gasteiger partial charge on any atom is -0.350 e. The predicted octanol–water partition coefficient (Wildman–Crippen LogP) is 2.66. The molecule has 1 N–H and O–H groups in total. The van der Waals surface area contributed by atoms with Crippen molar-refractivity contribution in [2.75, 3.05) is 6.54 Å². The van der Waals surface area contributed by atoms with E-state index >= 15 is 0 Å². The molecule has 0 aliphatic heterocycles. The van der Waals surface area contributed by atoms with Crippen molar-refractivity contribution in [3.63, 3.8) is 0 Å². The molecule has 0 radical (unpaired) electrons. The molecule has 136 valence electrons. The smallest absolute Gasteiger partial charge is 0.274 e. The van der Waals surface area contributed by atoms with Gasteiger partial charge in [-0.05, 0) is 32.3 Å². The van der Waals surface area contributed by atoms with E-state index in [1.165, 1.54) is 6.20 Å². The molecule has 1 saturated carbocycles. The van der Waals surface area contributed by atoms with Crippen LogP contribution in [0.5, 0.6) is 0 Å². The van der Waals surface area contributed by atoms with Crippen LogP contribution in [0.3, 0.4) is 0 Å². The molecule has 6 nitrogen and oxygen atoms in total. The van der Waals surface area contributed by atoms with Gasteiger partial charge in [0.15, 0.2) is 0 Å². The largest absolute Gasteiger partial charge is 0.350 e. The molecule has 1 aliphatic carbocycles. The van der Waals surface area contributed by atoms with Gasteiger partial charge >= 0.3 is 0 Å². The summed E-state index contributed by atoms with van der Waals surface area (Å²) >= 11 is 0. The van der Waals surface area contributed by atoms with E-state index in [1.807, 2.05) is 44.2 Å². The maximum absolute atomic E-state index is 12.7. The van der Waals surface area contributed by atoms with Crippen molar-refractivity contribution in [3.8, 4) is 0 Å². The first kappa shape index (κ1) is 18.0. The molecule has 3 rings (SSSR count). The zero-order valence-corrected chi connectivity index (χ0v) is 15.2. The number of rotatable bonds is 7. The summed E-state index contributed by atoms with van der Waals surface area (Å²) in [6.07, 6.45) is 5.33. The van der Waals surface area contributed by atoms with Crippen LogP contribution in [0.15, 0.2) is 42.7 Å². The Morgan fingerprint density at radius 2 is 1.92 bits per heavy atom. The number of nitrogens with zero attached hydrogens (tertiary/aromatic N) is 3. The van der Waals surface area contributed by atoms with Crippen LogP contribution in [-0.2, 0) is 4.79 Å². The number of aryl methyl sites for hydroxylation is 1. The van der Waals surface area contributed by atoms with Crippen molar-refractivity contribution in [1.82, 2.24) is 20.2 Å². The summed E-state index contributed by atoms with van der Waals surface area (Å²) in [6.45, 7) is 4.18. The molecule has 2 amide bonds. The number of benzene rings is 1. The number of carbonyl (C=O) groups excluding carboxylic acids is 2. The van der Waals surface area contributed by atoms with Crippen molar-refractivity contribution >= 4 is 11.8 Å². The van der Waals surface area contributed by atoms with Crippen molar-refractivity contribution in [1.29, 1.82) is 0 Å². The predicted molar refractivity (Wildman–Crippen MR) is 98.4 cm³/mol. The SMILES string of the molecule is Cc1cnc(C(=O)N(CCC(=O)NC(C)c2ccccc2)C2CC2)cn1. The quantitative estimate of drug-likeness (QED) is 0.831. The molecule has 1 aliphatic rings. The highest BCUT2D eigenvalue weighted by Crippen LogP contribution is 2.28. The highest BCUT2D eigenvalue weighted by molar-refractivity contribution is 5.92. The Bertz CT molecular complexity index is 757. The second-order valence-electron chi connectivity index (χ2n) is 6.72. The van der Waals surface area contributed by atoms with Gasteiger partial charge in [-0.1, -0.05) is 30.3 Å². The number of hydrogen-bond donors (Lipinski definition) is 1. The maximum atomic E-state index is 12.7. The lowest BCUT2D eigenvalue weighted by atomic mass is 10.1. The van der Waals surface area contributed by atoms with E-state index in [0.717, 1.165) is 24.1 Å². The summed E-state index contributed by atoms with van der Waals surface area (Å²) in [7, 11) is 0.